The molecule has 16 heavy (non-hydrogen) atoms. The van der Waals surface area contributed by atoms with Crippen molar-refractivity contribution in [2.75, 3.05) is 13.2 Å². The van der Waals surface area contributed by atoms with Crippen molar-refractivity contribution in [3.05, 3.63) is 6.92 Å². The summed E-state index contributed by atoms with van der Waals surface area (Å²) in [7, 11) is 0. The number of hydrogen-bond donors (Lipinski definition) is 3. The smallest absolute Gasteiger partial charge is 0.0402 e. The summed E-state index contributed by atoms with van der Waals surface area (Å²) in [5, 5.41) is 15.1. The fourth-order valence-corrected chi connectivity index (χ4v) is 1.56. The van der Waals surface area contributed by atoms with Crippen molar-refractivity contribution in [1.82, 2.24) is 0 Å². The molecule has 3 nitrogen and oxygen atoms in total. The molecule has 0 heterocycles. The summed E-state index contributed by atoms with van der Waals surface area (Å²) in [5.41, 5.74) is 5.66. The van der Waals surface area contributed by atoms with Crippen LogP contribution in [0.15, 0.2) is 0 Å². The average Bonchev–Trinajstić information content (AvgIpc) is 2.21. The summed E-state index contributed by atoms with van der Waals surface area (Å²) in [6.07, 6.45) is 6.76. The molecule has 98 valence electrons. The van der Waals surface area contributed by atoms with Crippen LogP contribution in [0.2, 0.25) is 0 Å². The summed E-state index contributed by atoms with van der Waals surface area (Å²) >= 11 is 0. The summed E-state index contributed by atoms with van der Waals surface area (Å²) in [6, 6.07) is 0.185. The van der Waals surface area contributed by atoms with Gasteiger partial charge in [0.05, 0.1) is 0 Å². The Morgan fingerprint density at radius 2 is 1.44 bits per heavy atom. The zero-order valence-electron chi connectivity index (χ0n) is 10.8. The number of nitrogens with two attached hydrogens (primary N) is 1. The van der Waals surface area contributed by atoms with Gasteiger partial charge in [0.15, 0.2) is 0 Å². The molecule has 0 bridgehead atoms. The van der Waals surface area contributed by atoms with E-state index < -0.39 is 0 Å². The number of aliphatic hydroxyl groups excluding tert-OH is 2. The van der Waals surface area contributed by atoms with Gasteiger partial charge >= 0.3 is 0 Å². The molecule has 0 aromatic carbocycles. The van der Waals surface area contributed by atoms with Crippen LogP contribution in [-0.4, -0.2) is 29.5 Å². The monoisotopic (exact) mass is 266 g/mol. The van der Waals surface area contributed by atoms with Crippen LogP contribution in [0.3, 0.4) is 0 Å². The molecule has 0 aliphatic heterocycles. The molecule has 0 aromatic heterocycles. The number of hydrogen-bond acceptors (Lipinski definition) is 3. The standard InChI is InChI=1S/C8H16N.2C2H6O.Ti/c1-7(9)8-5-3-2-4-6-8;2*1-2-3;/h7-8H,1-6,9H2;2*3H,2H2,1H3;/q-1;;;. The van der Waals surface area contributed by atoms with E-state index in [0.717, 1.165) is 5.92 Å². The van der Waals surface area contributed by atoms with Gasteiger partial charge in [0.1, 0.15) is 0 Å². The third kappa shape index (κ3) is 17.0. The second kappa shape index (κ2) is 18.0. The van der Waals surface area contributed by atoms with Gasteiger partial charge in [-0.05, 0) is 13.8 Å². The maximum atomic E-state index is 7.57. The van der Waals surface area contributed by atoms with E-state index in [0.29, 0.717) is 0 Å². The van der Waals surface area contributed by atoms with Crippen LogP contribution < -0.4 is 5.73 Å². The quantitative estimate of drug-likeness (QED) is 0.500. The molecule has 1 atom stereocenters. The first-order valence-corrected chi connectivity index (χ1v) is 5.94. The van der Waals surface area contributed by atoms with Crippen molar-refractivity contribution < 1.29 is 31.9 Å². The van der Waals surface area contributed by atoms with Gasteiger partial charge < -0.3 is 22.9 Å². The Labute approximate surface area is 116 Å². The molecule has 0 aromatic rings. The van der Waals surface area contributed by atoms with Gasteiger partial charge in [-0.15, -0.1) is 6.04 Å². The van der Waals surface area contributed by atoms with Gasteiger partial charge in [0.25, 0.3) is 0 Å². The molecule has 1 fully saturated rings. The molecule has 0 spiro atoms. The number of aliphatic hydroxyl groups is 2. The van der Waals surface area contributed by atoms with E-state index >= 15 is 0 Å². The van der Waals surface area contributed by atoms with Crippen LogP contribution in [-0.2, 0) is 21.7 Å². The Balaban J connectivity index is -0.000000207. The van der Waals surface area contributed by atoms with Crippen LogP contribution in [0.5, 0.6) is 0 Å². The van der Waals surface area contributed by atoms with E-state index in [1.165, 1.54) is 32.1 Å². The van der Waals surface area contributed by atoms with Crippen LogP contribution in [0, 0.1) is 12.8 Å². The van der Waals surface area contributed by atoms with Crippen molar-refractivity contribution in [2.24, 2.45) is 11.7 Å². The van der Waals surface area contributed by atoms with Crippen LogP contribution in [0.25, 0.3) is 0 Å². The minimum Gasteiger partial charge on any atom is -0.397 e. The average molecular weight is 266 g/mol. The van der Waals surface area contributed by atoms with Crippen molar-refractivity contribution in [2.45, 2.75) is 52.0 Å². The molecular weight excluding hydrogens is 238 g/mol. The van der Waals surface area contributed by atoms with Crippen molar-refractivity contribution >= 4 is 0 Å². The molecular formula is C12H28NO2Ti-. The van der Waals surface area contributed by atoms with Crippen molar-refractivity contribution in [3.8, 4) is 0 Å². The Kier molecular flexibility index (Phi) is 24.5. The molecule has 1 saturated carbocycles. The second-order valence-corrected chi connectivity index (χ2v) is 3.69. The molecule has 4 heteroatoms. The van der Waals surface area contributed by atoms with Gasteiger partial charge in [0, 0.05) is 34.9 Å². The molecule has 1 aliphatic carbocycles. The van der Waals surface area contributed by atoms with Crippen LogP contribution in [0.4, 0.5) is 0 Å². The van der Waals surface area contributed by atoms with E-state index in [1.807, 2.05) is 0 Å². The fraction of sp³-hybridized carbons (Fsp3) is 0.917. The Hall–Kier alpha value is 0.594. The first kappa shape index (κ1) is 21.8. The van der Waals surface area contributed by atoms with Gasteiger partial charge in [0.2, 0.25) is 0 Å². The Morgan fingerprint density at radius 3 is 1.62 bits per heavy atom. The van der Waals surface area contributed by atoms with Crippen LogP contribution >= 0.6 is 0 Å². The molecule has 0 saturated heterocycles. The summed E-state index contributed by atoms with van der Waals surface area (Å²) < 4.78 is 0. The Bertz CT molecular complexity index is 105. The predicted octanol–water partition coefficient (Wildman–Crippen LogP) is 1.72. The molecule has 0 amide bonds. The summed E-state index contributed by atoms with van der Waals surface area (Å²) in [5.74, 6) is 0.721. The molecule has 1 unspecified atom stereocenters. The first-order chi connectivity index (χ1) is 7.13. The van der Waals surface area contributed by atoms with E-state index in [-0.39, 0.29) is 41.0 Å². The SMILES string of the molecule is CCO.CCO.[CH2-]C(N)C1CCCCC1.[Ti]. The molecule has 1 rings (SSSR count). The van der Waals surface area contributed by atoms with Crippen molar-refractivity contribution in [1.29, 1.82) is 0 Å². The van der Waals surface area contributed by atoms with E-state index in [9.17, 15) is 0 Å². The van der Waals surface area contributed by atoms with Crippen LogP contribution in [0.1, 0.15) is 46.0 Å². The normalized spacial score (nSPS) is 16.9. The predicted molar refractivity (Wildman–Crippen MR) is 65.4 cm³/mol. The third-order valence-corrected chi connectivity index (χ3v) is 2.26. The molecule has 0 radical (unpaired) electrons. The van der Waals surface area contributed by atoms with E-state index in [1.54, 1.807) is 13.8 Å². The maximum Gasteiger partial charge on any atom is 0.0402 e. The number of rotatable bonds is 1. The summed E-state index contributed by atoms with van der Waals surface area (Å²) in [6.45, 7) is 7.70. The topological polar surface area (TPSA) is 66.5 Å². The van der Waals surface area contributed by atoms with Gasteiger partial charge in [-0.1, -0.05) is 38.0 Å². The van der Waals surface area contributed by atoms with Crippen molar-refractivity contribution in [3.63, 3.8) is 0 Å². The summed E-state index contributed by atoms with van der Waals surface area (Å²) in [4.78, 5) is 0. The zero-order valence-corrected chi connectivity index (χ0v) is 12.3. The maximum absolute atomic E-state index is 7.57. The third-order valence-electron chi connectivity index (χ3n) is 2.26. The minimum absolute atomic E-state index is 0. The van der Waals surface area contributed by atoms with E-state index in [4.69, 9.17) is 15.9 Å². The minimum atomic E-state index is 0. The van der Waals surface area contributed by atoms with Gasteiger partial charge in [-0.2, -0.15) is 0 Å². The zero-order chi connectivity index (χ0) is 12.1. The van der Waals surface area contributed by atoms with E-state index in [2.05, 4.69) is 6.92 Å². The molecule has 1 aliphatic rings. The molecule has 4 N–H and O–H groups in total. The van der Waals surface area contributed by atoms with Gasteiger partial charge in [-0.25, -0.2) is 0 Å². The fourth-order valence-electron chi connectivity index (χ4n) is 1.56. The van der Waals surface area contributed by atoms with Gasteiger partial charge in [-0.3, -0.25) is 0 Å². The first-order valence-electron chi connectivity index (χ1n) is 5.94. The Morgan fingerprint density at radius 1 is 1.12 bits per heavy atom. The largest absolute Gasteiger partial charge is 0.397 e. The second-order valence-electron chi connectivity index (χ2n) is 3.69.